The Morgan fingerprint density at radius 1 is 0.457 bits per heavy atom. The van der Waals surface area contributed by atoms with Crippen LogP contribution < -0.4 is 0 Å². The zero-order valence-electron chi connectivity index (χ0n) is 25.1. The maximum atomic E-state index is 4.83. The highest BCUT2D eigenvalue weighted by atomic mass is 15.0. The third-order valence-electron chi connectivity index (χ3n) is 10.1. The first kappa shape index (κ1) is 25.3. The molecule has 0 unspecified atom stereocenters. The van der Waals surface area contributed by atoms with Gasteiger partial charge in [0.25, 0.3) is 0 Å². The Bertz CT molecular complexity index is 2490. The van der Waals surface area contributed by atoms with E-state index in [1.165, 1.54) is 61.0 Å². The number of para-hydroxylation sites is 1. The van der Waals surface area contributed by atoms with Gasteiger partial charge in [0.2, 0.25) is 0 Å². The molecule has 0 bridgehead atoms. The van der Waals surface area contributed by atoms with Gasteiger partial charge in [-0.3, -0.25) is 4.57 Å². The number of rotatable bonds is 2. The standard InChI is InChI=1S/C44H28N2/c1-2-12-33(13-3-1)46-42-25-24-31(27-37(42)36-16-10-26-45-43(36)46)32-23-22-30-21-20-29-11-4-7-17-38(29)44(41(30)28-32)39-18-8-5-14-34(39)35-15-6-9-19-40(35)44/h1-28H. The van der Waals surface area contributed by atoms with Crippen LogP contribution in [0.1, 0.15) is 33.4 Å². The number of fused-ring (bicyclic) bond motifs is 12. The maximum Gasteiger partial charge on any atom is 0.145 e. The number of hydrogen-bond donors (Lipinski definition) is 0. The van der Waals surface area contributed by atoms with Gasteiger partial charge in [-0.05, 0) is 98.1 Å². The Hall–Kier alpha value is -5.99. The van der Waals surface area contributed by atoms with Gasteiger partial charge in [0.1, 0.15) is 5.65 Å². The van der Waals surface area contributed by atoms with Crippen LogP contribution in [0.15, 0.2) is 158 Å². The molecule has 2 heterocycles. The van der Waals surface area contributed by atoms with Crippen LogP contribution >= 0.6 is 0 Å². The lowest BCUT2D eigenvalue weighted by Crippen LogP contribution is -2.30. The van der Waals surface area contributed by atoms with E-state index in [1.807, 2.05) is 12.3 Å². The molecule has 6 aromatic carbocycles. The lowest BCUT2D eigenvalue weighted by Gasteiger charge is -2.35. The number of aromatic nitrogens is 2. The molecule has 0 radical (unpaired) electrons. The summed E-state index contributed by atoms with van der Waals surface area (Å²) in [5, 5.41) is 2.36. The summed E-state index contributed by atoms with van der Waals surface area (Å²) in [5.41, 5.74) is 15.7. The van der Waals surface area contributed by atoms with Gasteiger partial charge in [-0.2, -0.15) is 0 Å². The largest absolute Gasteiger partial charge is 0.294 e. The third-order valence-corrected chi connectivity index (χ3v) is 10.1. The first-order valence-corrected chi connectivity index (χ1v) is 15.9. The molecule has 2 nitrogen and oxygen atoms in total. The number of benzene rings is 6. The van der Waals surface area contributed by atoms with Crippen LogP contribution in [0.5, 0.6) is 0 Å². The van der Waals surface area contributed by atoms with E-state index in [2.05, 4.69) is 162 Å². The fourth-order valence-electron chi connectivity index (χ4n) is 8.19. The van der Waals surface area contributed by atoms with Crippen LogP contribution in [0.4, 0.5) is 0 Å². The number of pyridine rings is 1. The normalized spacial score (nSPS) is 13.7. The zero-order valence-corrected chi connectivity index (χ0v) is 25.1. The van der Waals surface area contributed by atoms with E-state index in [4.69, 9.17) is 4.98 Å². The SMILES string of the molecule is C1=Cc2ccc(-c3ccc4c(c3)c3cccnc3n4-c3ccccc3)cc2C2(c3ccccc31)c1ccccc1-c1ccccc12. The number of hydrogen-bond acceptors (Lipinski definition) is 1. The molecular formula is C44H28N2. The molecule has 0 atom stereocenters. The maximum absolute atomic E-state index is 4.83. The highest BCUT2D eigenvalue weighted by molar-refractivity contribution is 6.09. The molecule has 0 saturated carbocycles. The second kappa shape index (κ2) is 9.50. The first-order valence-electron chi connectivity index (χ1n) is 15.9. The van der Waals surface area contributed by atoms with E-state index in [0.717, 1.165) is 22.2 Å². The quantitative estimate of drug-likeness (QED) is 0.198. The molecule has 0 saturated heterocycles. The van der Waals surface area contributed by atoms with Crippen LogP contribution in [0.3, 0.4) is 0 Å². The van der Waals surface area contributed by atoms with Crippen LogP contribution in [-0.2, 0) is 5.41 Å². The Morgan fingerprint density at radius 3 is 1.87 bits per heavy atom. The third kappa shape index (κ3) is 3.33. The van der Waals surface area contributed by atoms with E-state index < -0.39 is 5.41 Å². The van der Waals surface area contributed by atoms with Crippen LogP contribution in [0, 0.1) is 0 Å². The van der Waals surface area contributed by atoms with Gasteiger partial charge in [0.05, 0.1) is 10.9 Å². The predicted octanol–water partition coefficient (Wildman–Crippen LogP) is 10.7. The Morgan fingerprint density at radius 2 is 1.09 bits per heavy atom. The molecule has 8 aromatic rings. The summed E-state index contributed by atoms with van der Waals surface area (Å²) in [4.78, 5) is 4.83. The minimum atomic E-state index is -0.435. The van der Waals surface area contributed by atoms with Crippen molar-refractivity contribution in [3.8, 4) is 27.9 Å². The van der Waals surface area contributed by atoms with Crippen molar-refractivity contribution in [2.24, 2.45) is 0 Å². The lowest BCUT2D eigenvalue weighted by molar-refractivity contribution is 0.766. The van der Waals surface area contributed by atoms with Crippen molar-refractivity contribution in [1.29, 1.82) is 0 Å². The van der Waals surface area contributed by atoms with Crippen molar-refractivity contribution in [3.63, 3.8) is 0 Å². The fraction of sp³-hybridized carbons (Fsp3) is 0.0227. The van der Waals surface area contributed by atoms with Crippen molar-refractivity contribution in [1.82, 2.24) is 9.55 Å². The Kier molecular flexibility index (Phi) is 5.24. The van der Waals surface area contributed by atoms with Crippen molar-refractivity contribution >= 4 is 34.1 Å². The second-order valence-corrected chi connectivity index (χ2v) is 12.3. The summed E-state index contributed by atoms with van der Waals surface area (Å²) in [6.07, 6.45) is 6.48. The summed E-state index contributed by atoms with van der Waals surface area (Å²) >= 11 is 0. The van der Waals surface area contributed by atoms with Gasteiger partial charge in [0, 0.05) is 22.7 Å². The average Bonchev–Trinajstić information content (AvgIpc) is 3.56. The molecule has 0 amide bonds. The molecule has 10 rings (SSSR count). The minimum Gasteiger partial charge on any atom is -0.294 e. The molecule has 214 valence electrons. The molecular weight excluding hydrogens is 556 g/mol. The van der Waals surface area contributed by atoms with Gasteiger partial charge < -0.3 is 0 Å². The molecule has 46 heavy (non-hydrogen) atoms. The highest BCUT2D eigenvalue weighted by Crippen LogP contribution is 2.58. The summed E-state index contributed by atoms with van der Waals surface area (Å²) in [5.74, 6) is 0. The van der Waals surface area contributed by atoms with E-state index in [9.17, 15) is 0 Å². The summed E-state index contributed by atoms with van der Waals surface area (Å²) in [6, 6.07) is 55.6. The van der Waals surface area contributed by atoms with Gasteiger partial charge in [-0.15, -0.1) is 0 Å². The average molecular weight is 585 g/mol. The van der Waals surface area contributed by atoms with E-state index in [1.54, 1.807) is 0 Å². The molecule has 2 heteroatoms. The highest BCUT2D eigenvalue weighted by Gasteiger charge is 2.48. The molecule has 2 aliphatic carbocycles. The van der Waals surface area contributed by atoms with Crippen LogP contribution in [0.2, 0.25) is 0 Å². The lowest BCUT2D eigenvalue weighted by atomic mass is 9.65. The minimum absolute atomic E-state index is 0.435. The Labute approximate surface area is 267 Å². The van der Waals surface area contributed by atoms with Crippen LogP contribution in [0.25, 0.3) is 62.0 Å². The summed E-state index contributed by atoms with van der Waals surface area (Å²) < 4.78 is 2.27. The molecule has 2 aliphatic rings. The monoisotopic (exact) mass is 584 g/mol. The van der Waals surface area contributed by atoms with Crippen molar-refractivity contribution in [2.75, 3.05) is 0 Å². The van der Waals surface area contributed by atoms with Gasteiger partial charge in [0.15, 0.2) is 0 Å². The van der Waals surface area contributed by atoms with Crippen molar-refractivity contribution in [3.05, 3.63) is 191 Å². The zero-order chi connectivity index (χ0) is 30.2. The molecule has 0 fully saturated rings. The molecule has 1 spiro atoms. The molecule has 0 aliphatic heterocycles. The topological polar surface area (TPSA) is 17.8 Å². The van der Waals surface area contributed by atoms with Crippen molar-refractivity contribution < 1.29 is 0 Å². The predicted molar refractivity (Wildman–Crippen MR) is 190 cm³/mol. The van der Waals surface area contributed by atoms with Gasteiger partial charge in [-0.25, -0.2) is 4.98 Å². The second-order valence-electron chi connectivity index (χ2n) is 12.3. The fourth-order valence-corrected chi connectivity index (χ4v) is 8.19. The van der Waals surface area contributed by atoms with Gasteiger partial charge in [-0.1, -0.05) is 121 Å². The smallest absolute Gasteiger partial charge is 0.145 e. The van der Waals surface area contributed by atoms with E-state index in [-0.39, 0.29) is 0 Å². The molecule has 2 aromatic heterocycles. The van der Waals surface area contributed by atoms with E-state index >= 15 is 0 Å². The Balaban J connectivity index is 1.26. The van der Waals surface area contributed by atoms with Crippen LogP contribution in [-0.4, -0.2) is 9.55 Å². The van der Waals surface area contributed by atoms with E-state index in [0.29, 0.717) is 0 Å². The van der Waals surface area contributed by atoms with Gasteiger partial charge >= 0.3 is 0 Å². The summed E-state index contributed by atoms with van der Waals surface area (Å²) in [6.45, 7) is 0. The summed E-state index contributed by atoms with van der Waals surface area (Å²) in [7, 11) is 0. The molecule has 0 N–H and O–H groups in total. The van der Waals surface area contributed by atoms with Crippen molar-refractivity contribution in [2.45, 2.75) is 5.41 Å². The first-order chi connectivity index (χ1) is 22.8. The number of nitrogens with zero attached hydrogens (tertiary/aromatic N) is 2.